The number of carboxylic acids is 1. The van der Waals surface area contributed by atoms with Crippen molar-refractivity contribution >= 4 is 51.2 Å². The first kappa shape index (κ1) is 14.4. The first-order chi connectivity index (χ1) is 8.97. The van der Waals surface area contributed by atoms with Gasteiger partial charge in [0.2, 0.25) is 0 Å². The Morgan fingerprint density at radius 1 is 1.05 bits per heavy atom. The first-order valence-corrected chi connectivity index (χ1v) is 7.32. The zero-order chi connectivity index (χ0) is 14.0. The van der Waals surface area contributed by atoms with E-state index < -0.39 is 5.97 Å². The molecule has 2 N–H and O–H groups in total. The molecule has 0 saturated carbocycles. The second-order valence-corrected chi connectivity index (χ2v) is 5.99. The highest BCUT2D eigenvalue weighted by Crippen LogP contribution is 2.33. The quantitative estimate of drug-likeness (QED) is 0.648. The molecule has 0 aromatic heterocycles. The van der Waals surface area contributed by atoms with Gasteiger partial charge < -0.3 is 14.9 Å². The molecule has 0 aliphatic rings. The highest BCUT2D eigenvalue weighted by atomic mass is 127. The third-order valence-electron chi connectivity index (χ3n) is 2.30. The highest BCUT2D eigenvalue weighted by Gasteiger charge is 2.13. The predicted molar refractivity (Wildman–Crippen MR) is 87.0 cm³/mol. The molecule has 0 radical (unpaired) electrons. The second kappa shape index (κ2) is 5.95. The Balaban J connectivity index is 2.35. The van der Waals surface area contributed by atoms with E-state index in [0.29, 0.717) is 11.5 Å². The summed E-state index contributed by atoms with van der Waals surface area (Å²) in [5.41, 5.74) is 0.229. The molecule has 0 spiro atoms. The number of hydrogen-bond acceptors (Lipinski definition) is 3. The Hall–Kier alpha value is -1.03. The van der Waals surface area contributed by atoms with Crippen LogP contribution < -0.4 is 4.74 Å². The number of ether oxygens (including phenoxy) is 1. The summed E-state index contributed by atoms with van der Waals surface area (Å²) in [5.74, 6) is 0.388. The molecule has 98 valence electrons. The van der Waals surface area contributed by atoms with Crippen molar-refractivity contribution < 1.29 is 19.7 Å². The van der Waals surface area contributed by atoms with Crippen LogP contribution in [0.5, 0.6) is 17.2 Å². The molecule has 0 saturated heterocycles. The van der Waals surface area contributed by atoms with Gasteiger partial charge >= 0.3 is 5.97 Å². The Kier molecular flexibility index (Phi) is 4.50. The molecule has 0 bridgehead atoms. The normalized spacial score (nSPS) is 10.2. The van der Waals surface area contributed by atoms with Crippen LogP contribution in [0.3, 0.4) is 0 Å². The molecule has 2 rings (SSSR count). The van der Waals surface area contributed by atoms with E-state index >= 15 is 0 Å². The van der Waals surface area contributed by atoms with Gasteiger partial charge in [-0.1, -0.05) is 0 Å². The molecule has 0 aliphatic carbocycles. The van der Waals surface area contributed by atoms with Crippen molar-refractivity contribution in [2.24, 2.45) is 0 Å². The number of phenolic OH excluding ortho intramolecular Hbond substituents is 1. The van der Waals surface area contributed by atoms with E-state index in [-0.39, 0.29) is 11.3 Å². The molecule has 2 aromatic carbocycles. The summed E-state index contributed by atoms with van der Waals surface area (Å²) < 4.78 is 7.15. The molecule has 2 aromatic rings. The number of phenols is 1. The zero-order valence-corrected chi connectivity index (χ0v) is 13.7. The largest absolute Gasteiger partial charge is 0.508 e. The fourth-order valence-corrected chi connectivity index (χ4v) is 3.40. The topological polar surface area (TPSA) is 66.8 Å². The number of carboxylic acid groups (broad SMARTS) is 1. The van der Waals surface area contributed by atoms with Crippen molar-refractivity contribution in [3.8, 4) is 17.2 Å². The minimum absolute atomic E-state index is 0.165. The minimum Gasteiger partial charge on any atom is -0.508 e. The Labute approximate surface area is 136 Å². The molecule has 0 heterocycles. The van der Waals surface area contributed by atoms with Crippen molar-refractivity contribution in [3.05, 3.63) is 49.1 Å². The van der Waals surface area contributed by atoms with Crippen molar-refractivity contribution in [1.29, 1.82) is 0 Å². The van der Waals surface area contributed by atoms with Crippen molar-refractivity contribution in [1.82, 2.24) is 0 Å². The smallest absolute Gasteiger partial charge is 0.335 e. The number of halogens is 2. The van der Waals surface area contributed by atoms with Crippen molar-refractivity contribution in [2.75, 3.05) is 0 Å². The van der Waals surface area contributed by atoms with Gasteiger partial charge in [-0.25, -0.2) is 4.79 Å². The van der Waals surface area contributed by atoms with Gasteiger partial charge in [0.15, 0.2) is 5.75 Å². The zero-order valence-electron chi connectivity index (χ0n) is 9.43. The summed E-state index contributed by atoms with van der Waals surface area (Å²) >= 11 is 4.07. The van der Waals surface area contributed by atoms with E-state index in [1.807, 2.05) is 45.2 Å². The number of hydrogen-bond donors (Lipinski definition) is 2. The van der Waals surface area contributed by atoms with E-state index in [0.717, 1.165) is 7.14 Å². The minimum atomic E-state index is -0.966. The van der Waals surface area contributed by atoms with E-state index in [1.54, 1.807) is 24.3 Å². The molecule has 0 amide bonds. The summed E-state index contributed by atoms with van der Waals surface area (Å²) in [4.78, 5) is 10.9. The molecular formula is C13H8I2O4. The molecule has 4 nitrogen and oxygen atoms in total. The van der Waals surface area contributed by atoms with Crippen molar-refractivity contribution in [3.63, 3.8) is 0 Å². The Morgan fingerprint density at radius 3 is 2.05 bits per heavy atom. The van der Waals surface area contributed by atoms with Gasteiger partial charge in [-0.15, -0.1) is 0 Å². The molecule has 0 aliphatic heterocycles. The van der Waals surface area contributed by atoms with Crippen LogP contribution in [-0.4, -0.2) is 16.2 Å². The fraction of sp³-hybridized carbons (Fsp3) is 0. The van der Waals surface area contributed by atoms with Crippen LogP contribution in [0.1, 0.15) is 10.4 Å². The number of benzene rings is 2. The van der Waals surface area contributed by atoms with E-state index in [2.05, 4.69) is 0 Å². The van der Waals surface area contributed by atoms with Crippen LogP contribution in [0.25, 0.3) is 0 Å². The Morgan fingerprint density at radius 2 is 1.58 bits per heavy atom. The third kappa shape index (κ3) is 3.50. The highest BCUT2D eigenvalue weighted by molar-refractivity contribution is 14.1. The van der Waals surface area contributed by atoms with E-state index in [1.165, 1.54) is 12.1 Å². The number of rotatable bonds is 3. The van der Waals surface area contributed by atoms with Crippen LogP contribution in [0.15, 0.2) is 36.4 Å². The second-order valence-electron chi connectivity index (χ2n) is 3.67. The van der Waals surface area contributed by atoms with E-state index in [4.69, 9.17) is 9.84 Å². The SMILES string of the molecule is O=C(O)c1cc(I)c(Oc2ccc(O)cc2)c(I)c1. The van der Waals surface area contributed by atoms with Gasteiger partial charge in [-0.05, 0) is 81.6 Å². The molecule has 19 heavy (non-hydrogen) atoms. The first-order valence-electron chi connectivity index (χ1n) is 5.16. The van der Waals surface area contributed by atoms with Crippen LogP contribution in [0, 0.1) is 7.14 Å². The summed E-state index contributed by atoms with van der Waals surface area (Å²) in [6.45, 7) is 0. The van der Waals surface area contributed by atoms with E-state index in [9.17, 15) is 9.90 Å². The van der Waals surface area contributed by atoms with Crippen molar-refractivity contribution in [2.45, 2.75) is 0 Å². The Bertz CT molecular complexity index is 600. The van der Waals surface area contributed by atoms with Gasteiger partial charge in [0, 0.05) is 0 Å². The van der Waals surface area contributed by atoms with Gasteiger partial charge in [-0.2, -0.15) is 0 Å². The lowest BCUT2D eigenvalue weighted by atomic mass is 10.2. The summed E-state index contributed by atoms with van der Waals surface area (Å²) in [6, 6.07) is 9.46. The lowest BCUT2D eigenvalue weighted by molar-refractivity contribution is 0.0696. The maximum atomic E-state index is 10.9. The van der Waals surface area contributed by atoms with Crippen LogP contribution in [0.4, 0.5) is 0 Å². The summed E-state index contributed by atoms with van der Waals surface area (Å²) in [6.07, 6.45) is 0. The molecule has 0 unspecified atom stereocenters. The summed E-state index contributed by atoms with van der Waals surface area (Å²) in [7, 11) is 0. The molecule has 0 fully saturated rings. The molecule has 6 heteroatoms. The van der Waals surface area contributed by atoms with Crippen LogP contribution in [0.2, 0.25) is 0 Å². The standard InChI is InChI=1S/C13H8I2O4/c14-10-5-7(13(17)18)6-11(15)12(10)19-9-3-1-8(16)2-4-9/h1-6,16H,(H,17,18). The van der Waals surface area contributed by atoms with Gasteiger partial charge in [0.25, 0.3) is 0 Å². The maximum absolute atomic E-state index is 10.9. The lowest BCUT2D eigenvalue weighted by Gasteiger charge is -2.11. The third-order valence-corrected chi connectivity index (χ3v) is 3.90. The average Bonchev–Trinajstić information content (AvgIpc) is 2.35. The number of aromatic carboxylic acids is 1. The number of carbonyl (C=O) groups is 1. The van der Waals surface area contributed by atoms with Gasteiger partial charge in [-0.3, -0.25) is 0 Å². The monoisotopic (exact) mass is 482 g/mol. The molecular weight excluding hydrogens is 474 g/mol. The maximum Gasteiger partial charge on any atom is 0.335 e. The predicted octanol–water partition coefficient (Wildman–Crippen LogP) is 4.09. The lowest BCUT2D eigenvalue weighted by Crippen LogP contribution is -2.00. The average molecular weight is 482 g/mol. The van der Waals surface area contributed by atoms with Crippen LogP contribution in [-0.2, 0) is 0 Å². The fourth-order valence-electron chi connectivity index (χ4n) is 1.41. The summed E-state index contributed by atoms with van der Waals surface area (Å²) in [5, 5.41) is 18.2. The van der Waals surface area contributed by atoms with Gasteiger partial charge in [0.1, 0.15) is 11.5 Å². The number of aromatic hydroxyl groups is 1. The van der Waals surface area contributed by atoms with Crippen LogP contribution >= 0.6 is 45.2 Å². The molecule has 0 atom stereocenters. The van der Waals surface area contributed by atoms with Gasteiger partial charge in [0.05, 0.1) is 12.7 Å².